The molecule has 0 amide bonds. The van der Waals surface area contributed by atoms with Crippen molar-refractivity contribution >= 4 is 9.76 Å². The molecule has 0 aliphatic heterocycles. The summed E-state index contributed by atoms with van der Waals surface area (Å²) in [5.74, 6) is -1.65. The smallest absolute Gasteiger partial charge is 0.317 e. The lowest BCUT2D eigenvalue weighted by Crippen LogP contribution is -2.25. The van der Waals surface area contributed by atoms with Crippen LogP contribution in [0.5, 0.6) is 5.75 Å². The van der Waals surface area contributed by atoms with Gasteiger partial charge in [-0.1, -0.05) is 33.8 Å². The standard InChI is InChI=1S/C17H21F2NO2Si/c1-6-11(21)7-12-14(18)8-15(19)13(9-20)16(12)22-23-17(4,5)10(2)3/h6,8,10-11,21H,1,7H2,2-5H3. The first-order valence-electron chi connectivity index (χ1n) is 7.29. The number of hydrogen-bond acceptors (Lipinski definition) is 3. The van der Waals surface area contributed by atoms with Crippen molar-refractivity contribution in [2.24, 2.45) is 5.92 Å². The Balaban J connectivity index is 3.30. The van der Waals surface area contributed by atoms with E-state index < -0.39 is 17.7 Å². The van der Waals surface area contributed by atoms with Crippen LogP contribution >= 0.6 is 0 Å². The zero-order valence-electron chi connectivity index (χ0n) is 13.8. The quantitative estimate of drug-likeness (QED) is 0.608. The molecule has 1 rings (SSSR count). The monoisotopic (exact) mass is 337 g/mol. The average Bonchev–Trinajstić information content (AvgIpc) is 2.47. The van der Waals surface area contributed by atoms with E-state index in [2.05, 4.69) is 6.58 Å². The van der Waals surface area contributed by atoms with Crippen molar-refractivity contribution in [3.8, 4) is 11.8 Å². The molecule has 0 bridgehead atoms. The van der Waals surface area contributed by atoms with Crippen molar-refractivity contribution in [3.05, 3.63) is 41.5 Å². The first kappa shape index (κ1) is 19.3. The summed E-state index contributed by atoms with van der Waals surface area (Å²) in [6.07, 6.45) is 0.107. The molecule has 1 N–H and O–H groups in total. The third-order valence-electron chi connectivity index (χ3n) is 3.94. The second kappa shape index (κ2) is 7.71. The fourth-order valence-electron chi connectivity index (χ4n) is 1.64. The molecule has 6 heteroatoms. The third-order valence-corrected chi connectivity index (χ3v) is 5.35. The van der Waals surface area contributed by atoms with E-state index in [1.807, 2.05) is 27.7 Å². The number of rotatable bonds is 7. The molecule has 124 valence electrons. The van der Waals surface area contributed by atoms with Gasteiger partial charge in [-0.2, -0.15) is 5.26 Å². The maximum atomic E-state index is 14.1. The Hall–Kier alpha value is -1.71. The van der Waals surface area contributed by atoms with Gasteiger partial charge in [0.2, 0.25) is 0 Å². The molecule has 1 unspecified atom stereocenters. The Kier molecular flexibility index (Phi) is 6.48. The number of aliphatic hydroxyl groups excluding tert-OH is 1. The summed E-state index contributed by atoms with van der Waals surface area (Å²) < 4.78 is 33.7. The van der Waals surface area contributed by atoms with Gasteiger partial charge in [-0.3, -0.25) is 0 Å². The van der Waals surface area contributed by atoms with Crippen LogP contribution in [0.2, 0.25) is 5.04 Å². The largest absolute Gasteiger partial charge is 0.539 e. The molecule has 0 spiro atoms. The zero-order chi connectivity index (χ0) is 17.8. The summed E-state index contributed by atoms with van der Waals surface area (Å²) in [4.78, 5) is 0. The van der Waals surface area contributed by atoms with E-state index in [0.717, 1.165) is 0 Å². The van der Waals surface area contributed by atoms with Gasteiger partial charge in [0.15, 0.2) is 0 Å². The number of nitriles is 1. The molecule has 0 aliphatic carbocycles. The van der Waals surface area contributed by atoms with Crippen molar-refractivity contribution in [1.82, 2.24) is 0 Å². The van der Waals surface area contributed by atoms with Gasteiger partial charge < -0.3 is 9.53 Å². The summed E-state index contributed by atoms with van der Waals surface area (Å²) in [7, 11) is -0.0894. The molecule has 0 saturated heterocycles. The molecule has 1 atom stereocenters. The minimum absolute atomic E-state index is 0.0117. The molecule has 0 fully saturated rings. The van der Waals surface area contributed by atoms with Crippen LogP contribution in [0.4, 0.5) is 8.78 Å². The molecule has 2 radical (unpaired) electrons. The predicted molar refractivity (Wildman–Crippen MR) is 86.2 cm³/mol. The van der Waals surface area contributed by atoms with Crippen molar-refractivity contribution < 1.29 is 18.3 Å². The van der Waals surface area contributed by atoms with Crippen molar-refractivity contribution in [1.29, 1.82) is 5.26 Å². The summed E-state index contributed by atoms with van der Waals surface area (Å²) in [6, 6.07) is 2.36. The lowest BCUT2D eigenvalue weighted by atomic mass is 9.99. The fraction of sp³-hybridized carbons (Fsp3) is 0.471. The second-order valence-electron chi connectivity index (χ2n) is 6.22. The van der Waals surface area contributed by atoms with E-state index in [1.165, 1.54) is 6.08 Å². The summed E-state index contributed by atoms with van der Waals surface area (Å²) >= 11 is 0. The number of nitrogens with zero attached hydrogens (tertiary/aromatic N) is 1. The van der Waals surface area contributed by atoms with Gasteiger partial charge in [0, 0.05) is 18.1 Å². The normalized spacial score (nSPS) is 12.8. The Labute approximate surface area is 138 Å². The molecule has 0 saturated carbocycles. The highest BCUT2D eigenvalue weighted by atomic mass is 28.2. The number of benzene rings is 1. The molecule has 0 heterocycles. The Morgan fingerprint density at radius 1 is 1.43 bits per heavy atom. The summed E-state index contributed by atoms with van der Waals surface area (Å²) in [5, 5.41) is 18.6. The lowest BCUT2D eigenvalue weighted by Gasteiger charge is -2.28. The molecule has 1 aromatic carbocycles. The van der Waals surface area contributed by atoms with Crippen LogP contribution in [0, 0.1) is 28.9 Å². The highest BCUT2D eigenvalue weighted by Gasteiger charge is 2.29. The molecule has 0 aromatic heterocycles. The molecular weight excluding hydrogens is 316 g/mol. The van der Waals surface area contributed by atoms with Crippen LogP contribution in [-0.2, 0) is 6.42 Å². The van der Waals surface area contributed by atoms with E-state index in [-0.39, 0.29) is 44.0 Å². The van der Waals surface area contributed by atoms with E-state index in [4.69, 9.17) is 4.43 Å². The molecule has 1 aromatic rings. The minimum atomic E-state index is -1.01. The first-order chi connectivity index (χ1) is 10.6. The van der Waals surface area contributed by atoms with E-state index >= 15 is 0 Å². The van der Waals surface area contributed by atoms with Gasteiger partial charge in [0.25, 0.3) is 0 Å². The van der Waals surface area contributed by atoms with Crippen LogP contribution in [0.3, 0.4) is 0 Å². The fourth-order valence-corrected chi connectivity index (χ4v) is 2.46. The highest BCUT2D eigenvalue weighted by molar-refractivity contribution is 6.33. The minimum Gasteiger partial charge on any atom is -0.539 e. The SMILES string of the molecule is C=CC(O)Cc1c(F)cc(F)c(C#N)c1O[Si]C(C)(C)C(C)C. The Morgan fingerprint density at radius 3 is 2.52 bits per heavy atom. The molecule has 3 nitrogen and oxygen atoms in total. The van der Waals surface area contributed by atoms with Crippen molar-refractivity contribution in [2.75, 3.05) is 0 Å². The summed E-state index contributed by atoms with van der Waals surface area (Å²) in [6.45, 7) is 11.4. The molecule has 0 aliphatic rings. The Morgan fingerprint density at radius 2 is 2.04 bits per heavy atom. The maximum absolute atomic E-state index is 14.1. The van der Waals surface area contributed by atoms with Crippen LogP contribution in [0.1, 0.15) is 38.8 Å². The maximum Gasteiger partial charge on any atom is 0.317 e. The molecule has 23 heavy (non-hydrogen) atoms. The van der Waals surface area contributed by atoms with Crippen LogP contribution < -0.4 is 4.43 Å². The topological polar surface area (TPSA) is 53.2 Å². The number of aliphatic hydroxyl groups is 1. The van der Waals surface area contributed by atoms with Crippen molar-refractivity contribution in [3.63, 3.8) is 0 Å². The van der Waals surface area contributed by atoms with Gasteiger partial charge in [-0.15, -0.1) is 6.58 Å². The van der Waals surface area contributed by atoms with Gasteiger partial charge >= 0.3 is 9.76 Å². The number of halogens is 2. The average molecular weight is 337 g/mol. The van der Waals surface area contributed by atoms with Crippen LogP contribution in [0.25, 0.3) is 0 Å². The van der Waals surface area contributed by atoms with Crippen molar-refractivity contribution in [2.45, 2.75) is 45.3 Å². The number of hydrogen-bond donors (Lipinski definition) is 1. The predicted octanol–water partition coefficient (Wildman–Crippen LogP) is 3.78. The lowest BCUT2D eigenvalue weighted by molar-refractivity contribution is 0.221. The zero-order valence-corrected chi connectivity index (χ0v) is 14.8. The van der Waals surface area contributed by atoms with Crippen LogP contribution in [-0.4, -0.2) is 21.0 Å². The summed E-state index contributed by atoms with van der Waals surface area (Å²) in [5.41, 5.74) is -0.355. The van der Waals surface area contributed by atoms with Gasteiger partial charge in [-0.25, -0.2) is 8.78 Å². The van der Waals surface area contributed by atoms with Crippen LogP contribution in [0.15, 0.2) is 18.7 Å². The molecular formula is C17H21F2NO2Si. The van der Waals surface area contributed by atoms with Gasteiger partial charge in [0.05, 0.1) is 6.10 Å². The van der Waals surface area contributed by atoms with Gasteiger partial charge in [-0.05, 0) is 11.0 Å². The van der Waals surface area contributed by atoms with E-state index in [9.17, 15) is 19.1 Å². The van der Waals surface area contributed by atoms with Gasteiger partial charge in [0.1, 0.15) is 29.0 Å². The highest BCUT2D eigenvalue weighted by Crippen LogP contribution is 2.36. The second-order valence-corrected chi connectivity index (χ2v) is 7.92. The Bertz CT molecular complexity index is 624. The first-order valence-corrected chi connectivity index (χ1v) is 8.20. The third kappa shape index (κ3) is 4.63. The van der Waals surface area contributed by atoms with E-state index in [1.54, 1.807) is 6.07 Å². The van der Waals surface area contributed by atoms with E-state index in [0.29, 0.717) is 6.07 Å².